The number of hydrogen-bond acceptors (Lipinski definition) is 8. The third-order valence-corrected chi connectivity index (χ3v) is 11.1. The molecule has 0 radical (unpaired) electrons. The highest BCUT2D eigenvalue weighted by atomic mass is 16.6. The first-order chi connectivity index (χ1) is 17.8. The fourth-order valence-corrected chi connectivity index (χ4v) is 8.96. The van der Waals surface area contributed by atoms with E-state index in [1.54, 1.807) is 26.8 Å². The molecule has 3 saturated carbocycles. The van der Waals surface area contributed by atoms with Crippen LogP contribution in [0.3, 0.4) is 0 Å². The molecule has 4 aliphatic carbocycles. The van der Waals surface area contributed by atoms with Crippen LogP contribution in [0.5, 0.6) is 0 Å². The van der Waals surface area contributed by atoms with Gasteiger partial charge in [-0.25, -0.2) is 0 Å². The smallest absolute Gasteiger partial charge is 0.303 e. The first-order valence-electron chi connectivity index (χ1n) is 14.6. The highest BCUT2D eigenvalue weighted by molar-refractivity contribution is 5.95. The molecule has 220 valence electrons. The fraction of sp³-hybridized carbons (Fsp3) is 0.839. The molecule has 4 aliphatic rings. The normalized spacial score (nSPS) is 40.4. The Balaban J connectivity index is 1.66. The zero-order valence-corrected chi connectivity index (χ0v) is 24.7. The van der Waals surface area contributed by atoms with Crippen LogP contribution in [-0.2, 0) is 23.9 Å². The topological polar surface area (TPSA) is 130 Å². The van der Waals surface area contributed by atoms with Crippen molar-refractivity contribution in [3.8, 4) is 0 Å². The fourth-order valence-electron chi connectivity index (χ4n) is 8.96. The first-order valence-corrected chi connectivity index (χ1v) is 14.6. The van der Waals surface area contributed by atoms with E-state index in [1.807, 2.05) is 6.92 Å². The van der Waals surface area contributed by atoms with E-state index >= 15 is 0 Å². The minimum absolute atomic E-state index is 0.0172. The first kappa shape index (κ1) is 30.2. The molecule has 3 N–H and O–H groups in total. The Morgan fingerprint density at radius 3 is 2.28 bits per heavy atom. The largest absolute Gasteiger partial charge is 0.463 e. The average molecular weight is 549 g/mol. The van der Waals surface area contributed by atoms with E-state index in [9.17, 15) is 29.7 Å². The Bertz CT molecular complexity index is 1040. The van der Waals surface area contributed by atoms with Crippen molar-refractivity contribution in [1.29, 1.82) is 0 Å². The van der Waals surface area contributed by atoms with Crippen LogP contribution < -0.4 is 0 Å². The van der Waals surface area contributed by atoms with Gasteiger partial charge in [0, 0.05) is 25.2 Å². The number of carbonyl (C=O) groups excluding carboxylic acids is 3. The average Bonchev–Trinajstić information content (AvgIpc) is 3.08. The monoisotopic (exact) mass is 548 g/mol. The Hall–Kier alpha value is -1.77. The lowest BCUT2D eigenvalue weighted by Gasteiger charge is -2.60. The number of ketones is 1. The van der Waals surface area contributed by atoms with E-state index in [4.69, 9.17) is 9.47 Å². The lowest BCUT2D eigenvalue weighted by Crippen LogP contribution is -2.62. The van der Waals surface area contributed by atoms with Crippen molar-refractivity contribution < 1.29 is 39.2 Å². The molecule has 0 aromatic heterocycles. The van der Waals surface area contributed by atoms with Crippen molar-refractivity contribution in [1.82, 2.24) is 0 Å². The van der Waals surface area contributed by atoms with Crippen LogP contribution in [-0.4, -0.2) is 62.1 Å². The highest BCUT2D eigenvalue weighted by Crippen LogP contribution is 2.68. The van der Waals surface area contributed by atoms with Crippen molar-refractivity contribution >= 4 is 17.7 Å². The van der Waals surface area contributed by atoms with Crippen LogP contribution in [0.15, 0.2) is 11.6 Å². The van der Waals surface area contributed by atoms with Gasteiger partial charge >= 0.3 is 11.9 Å². The van der Waals surface area contributed by atoms with Crippen LogP contribution in [0, 0.1) is 28.6 Å². The van der Waals surface area contributed by atoms with E-state index in [-0.39, 0.29) is 47.4 Å². The molecule has 0 aromatic carbocycles. The molecule has 4 rings (SSSR count). The summed E-state index contributed by atoms with van der Waals surface area (Å²) in [6.07, 6.45) is 5.50. The maximum atomic E-state index is 13.6. The van der Waals surface area contributed by atoms with Gasteiger partial charge in [-0.2, -0.15) is 0 Å². The third kappa shape index (κ3) is 5.10. The van der Waals surface area contributed by atoms with E-state index in [2.05, 4.69) is 6.92 Å². The molecule has 0 unspecified atom stereocenters. The van der Waals surface area contributed by atoms with Gasteiger partial charge in [-0.1, -0.05) is 13.8 Å². The summed E-state index contributed by atoms with van der Waals surface area (Å²) in [5.74, 6) is -1.46. The number of hydrogen-bond donors (Lipinski definition) is 3. The maximum Gasteiger partial charge on any atom is 0.303 e. The summed E-state index contributed by atoms with van der Waals surface area (Å²) in [6.45, 7) is 11.9. The molecule has 0 bridgehead atoms. The minimum atomic E-state index is -1.45. The second-order valence-corrected chi connectivity index (χ2v) is 14.2. The number of aliphatic hydroxyl groups is 3. The predicted molar refractivity (Wildman–Crippen MR) is 144 cm³/mol. The number of rotatable bonds is 7. The van der Waals surface area contributed by atoms with E-state index in [0.717, 1.165) is 18.4 Å². The van der Waals surface area contributed by atoms with Gasteiger partial charge in [0.1, 0.15) is 17.8 Å². The molecule has 8 nitrogen and oxygen atoms in total. The SMILES string of the molecule is CC(=O)O[C@H]1CC[C@@]2(C)[C@H](C1)C(=O)C=C1[C@@H]2CC[C@]2(C)[C@@H]([C@@](C)(O)[C@@H](CCC(C)(C)O)OC(C)=O)CC[C@@]12O. The van der Waals surface area contributed by atoms with Gasteiger partial charge in [0.25, 0.3) is 0 Å². The van der Waals surface area contributed by atoms with Crippen molar-refractivity contribution in [3.63, 3.8) is 0 Å². The molecule has 0 aliphatic heterocycles. The number of carbonyl (C=O) groups is 3. The Morgan fingerprint density at radius 2 is 1.69 bits per heavy atom. The zero-order chi connectivity index (χ0) is 29.2. The molecule has 3 fully saturated rings. The van der Waals surface area contributed by atoms with Gasteiger partial charge in [-0.05, 0) is 107 Å². The third-order valence-electron chi connectivity index (χ3n) is 11.1. The summed E-state index contributed by atoms with van der Waals surface area (Å²) in [5, 5.41) is 34.8. The van der Waals surface area contributed by atoms with Crippen molar-refractivity contribution in [3.05, 3.63) is 11.6 Å². The minimum Gasteiger partial charge on any atom is -0.463 e. The maximum absolute atomic E-state index is 13.6. The van der Waals surface area contributed by atoms with E-state index in [0.29, 0.717) is 38.5 Å². The second kappa shape index (κ2) is 9.95. The molecule has 0 amide bonds. The number of allylic oxidation sites excluding steroid dienone is 1. The molecular weight excluding hydrogens is 500 g/mol. The Morgan fingerprint density at radius 1 is 1.03 bits per heavy atom. The molecular formula is C31H48O8. The van der Waals surface area contributed by atoms with Crippen LogP contribution in [0.25, 0.3) is 0 Å². The van der Waals surface area contributed by atoms with Crippen LogP contribution >= 0.6 is 0 Å². The molecule has 0 saturated heterocycles. The molecule has 8 heteroatoms. The van der Waals surface area contributed by atoms with Gasteiger partial charge in [0.15, 0.2) is 5.78 Å². The van der Waals surface area contributed by atoms with E-state index < -0.39 is 34.3 Å². The number of fused-ring (bicyclic) bond motifs is 5. The summed E-state index contributed by atoms with van der Waals surface area (Å²) in [6, 6.07) is 0. The van der Waals surface area contributed by atoms with Gasteiger partial charge in [-0.3, -0.25) is 14.4 Å². The van der Waals surface area contributed by atoms with Gasteiger partial charge in [-0.15, -0.1) is 0 Å². The Labute approximate surface area is 232 Å². The molecule has 39 heavy (non-hydrogen) atoms. The van der Waals surface area contributed by atoms with Crippen molar-refractivity contribution in [2.45, 2.75) is 135 Å². The predicted octanol–water partition coefficient (Wildman–Crippen LogP) is 4.02. The summed E-state index contributed by atoms with van der Waals surface area (Å²) in [5.41, 5.74) is -3.98. The summed E-state index contributed by atoms with van der Waals surface area (Å²) in [4.78, 5) is 37.2. The standard InChI is InChI=1S/C31H48O8/c1-18(32)38-20-8-13-28(5)21-9-14-29(6)25(10-15-31(29,37)22(21)17-24(34)23(28)16-20)30(7,36)26(39-19(2)33)11-12-27(3,4)35/h17,20-21,23,25-26,35-37H,8-16H2,1-7H3/t20-,21-,23+,25-,26+,28+,29+,30+,31+/m0/s1. The van der Waals surface area contributed by atoms with Crippen molar-refractivity contribution in [2.24, 2.45) is 28.6 Å². The number of ether oxygens (including phenoxy) is 2. The second-order valence-electron chi connectivity index (χ2n) is 14.2. The molecule has 9 atom stereocenters. The Kier molecular flexibility index (Phi) is 7.70. The van der Waals surface area contributed by atoms with Gasteiger partial charge in [0.05, 0.1) is 11.2 Å². The summed E-state index contributed by atoms with van der Waals surface area (Å²) < 4.78 is 11.1. The molecule has 0 heterocycles. The summed E-state index contributed by atoms with van der Waals surface area (Å²) in [7, 11) is 0. The lowest BCUT2D eigenvalue weighted by atomic mass is 9.46. The zero-order valence-electron chi connectivity index (χ0n) is 24.7. The highest BCUT2D eigenvalue weighted by Gasteiger charge is 2.69. The van der Waals surface area contributed by atoms with Crippen LogP contribution in [0.4, 0.5) is 0 Å². The summed E-state index contributed by atoms with van der Waals surface area (Å²) >= 11 is 0. The quantitative estimate of drug-likeness (QED) is 0.407. The van der Waals surface area contributed by atoms with Gasteiger partial charge < -0.3 is 24.8 Å². The van der Waals surface area contributed by atoms with Crippen LogP contribution in [0.1, 0.15) is 106 Å². The van der Waals surface area contributed by atoms with E-state index in [1.165, 1.54) is 13.8 Å². The van der Waals surface area contributed by atoms with Crippen molar-refractivity contribution in [2.75, 3.05) is 0 Å². The van der Waals surface area contributed by atoms with Crippen LogP contribution in [0.2, 0.25) is 0 Å². The lowest BCUT2D eigenvalue weighted by molar-refractivity contribution is -0.191. The molecule has 0 aromatic rings. The number of esters is 2. The molecule has 0 spiro atoms. The van der Waals surface area contributed by atoms with Gasteiger partial charge in [0.2, 0.25) is 0 Å².